The van der Waals surface area contributed by atoms with Gasteiger partial charge in [0.25, 0.3) is 0 Å². The fourth-order valence-electron chi connectivity index (χ4n) is 3.02. The standard InChI is InChI=1S/C15H20ClN3O/c1-3-13-11(6-7-20-13)9-19-14(8-16)18-12-5-4-10(2)17-15(12)19/h4-5,11,13H,3,6-9H2,1-2H3. The topological polar surface area (TPSA) is 39.9 Å². The molecule has 0 amide bonds. The van der Waals surface area contributed by atoms with E-state index in [1.54, 1.807) is 0 Å². The van der Waals surface area contributed by atoms with Gasteiger partial charge in [-0.3, -0.25) is 0 Å². The molecule has 2 aromatic rings. The zero-order valence-corrected chi connectivity index (χ0v) is 12.7. The van der Waals surface area contributed by atoms with Crippen LogP contribution >= 0.6 is 11.6 Å². The van der Waals surface area contributed by atoms with Crippen LogP contribution in [0.15, 0.2) is 12.1 Å². The van der Waals surface area contributed by atoms with E-state index in [4.69, 9.17) is 16.3 Å². The normalized spacial score (nSPS) is 22.8. The number of fused-ring (bicyclic) bond motifs is 1. The third-order valence-electron chi connectivity index (χ3n) is 4.10. The Hall–Kier alpha value is -1.13. The molecule has 1 saturated heterocycles. The van der Waals surface area contributed by atoms with E-state index in [1.807, 2.05) is 19.1 Å². The summed E-state index contributed by atoms with van der Waals surface area (Å²) in [5, 5.41) is 0. The summed E-state index contributed by atoms with van der Waals surface area (Å²) in [6.45, 7) is 5.94. The molecule has 1 fully saturated rings. The number of nitrogens with zero attached hydrogens (tertiary/aromatic N) is 3. The number of aryl methyl sites for hydroxylation is 1. The van der Waals surface area contributed by atoms with E-state index in [9.17, 15) is 0 Å². The first-order valence-electron chi connectivity index (χ1n) is 7.23. The lowest BCUT2D eigenvalue weighted by Gasteiger charge is -2.18. The van der Waals surface area contributed by atoms with Gasteiger partial charge in [0.1, 0.15) is 11.3 Å². The summed E-state index contributed by atoms with van der Waals surface area (Å²) in [5.41, 5.74) is 2.88. The smallest absolute Gasteiger partial charge is 0.160 e. The zero-order valence-electron chi connectivity index (χ0n) is 12.0. The van der Waals surface area contributed by atoms with Gasteiger partial charge in [-0.1, -0.05) is 6.92 Å². The molecule has 3 heterocycles. The Bertz CT molecular complexity index is 610. The first-order chi connectivity index (χ1) is 9.72. The lowest BCUT2D eigenvalue weighted by molar-refractivity contribution is 0.0836. The molecule has 20 heavy (non-hydrogen) atoms. The van der Waals surface area contributed by atoms with E-state index < -0.39 is 0 Å². The molecule has 0 spiro atoms. The number of hydrogen-bond acceptors (Lipinski definition) is 3. The number of ether oxygens (including phenoxy) is 1. The highest BCUT2D eigenvalue weighted by atomic mass is 35.5. The second-order valence-electron chi connectivity index (χ2n) is 5.43. The van der Waals surface area contributed by atoms with Crippen LogP contribution in [0.4, 0.5) is 0 Å². The minimum absolute atomic E-state index is 0.348. The number of halogens is 1. The largest absolute Gasteiger partial charge is 0.378 e. The second-order valence-corrected chi connectivity index (χ2v) is 5.70. The Morgan fingerprint density at radius 1 is 1.40 bits per heavy atom. The van der Waals surface area contributed by atoms with Crippen LogP contribution in [-0.4, -0.2) is 27.2 Å². The molecule has 0 aromatic carbocycles. The number of alkyl halides is 1. The molecular formula is C15H20ClN3O. The van der Waals surface area contributed by atoms with Gasteiger partial charge in [0.15, 0.2) is 5.65 Å². The van der Waals surface area contributed by atoms with E-state index >= 15 is 0 Å². The van der Waals surface area contributed by atoms with Crippen molar-refractivity contribution in [3.05, 3.63) is 23.7 Å². The highest BCUT2D eigenvalue weighted by Gasteiger charge is 2.28. The maximum Gasteiger partial charge on any atom is 0.160 e. The molecule has 5 heteroatoms. The Morgan fingerprint density at radius 2 is 2.25 bits per heavy atom. The maximum atomic E-state index is 6.06. The third-order valence-corrected chi connectivity index (χ3v) is 4.33. The number of rotatable bonds is 4. The van der Waals surface area contributed by atoms with Gasteiger partial charge in [-0.25, -0.2) is 9.97 Å². The summed E-state index contributed by atoms with van der Waals surface area (Å²) in [7, 11) is 0. The van der Waals surface area contributed by atoms with Gasteiger partial charge in [-0.05, 0) is 31.9 Å². The average Bonchev–Trinajstić information content (AvgIpc) is 3.04. The summed E-state index contributed by atoms with van der Waals surface area (Å²) in [5.74, 6) is 1.85. The number of imidazole rings is 1. The molecule has 1 aliphatic rings. The molecule has 4 nitrogen and oxygen atoms in total. The van der Waals surface area contributed by atoms with Crippen molar-refractivity contribution in [3.8, 4) is 0 Å². The average molecular weight is 294 g/mol. The minimum Gasteiger partial charge on any atom is -0.378 e. The molecule has 0 saturated carbocycles. The lowest BCUT2D eigenvalue weighted by atomic mass is 9.99. The SMILES string of the molecule is CCC1OCCC1Cn1c(CCl)nc2ccc(C)nc21. The van der Waals surface area contributed by atoms with Crippen molar-refractivity contribution >= 4 is 22.8 Å². The molecule has 2 atom stereocenters. The van der Waals surface area contributed by atoms with Crippen LogP contribution in [0, 0.1) is 12.8 Å². The van der Waals surface area contributed by atoms with E-state index in [-0.39, 0.29) is 0 Å². The van der Waals surface area contributed by atoms with Crippen molar-refractivity contribution in [3.63, 3.8) is 0 Å². The van der Waals surface area contributed by atoms with Crippen molar-refractivity contribution < 1.29 is 4.74 Å². The Kier molecular flexibility index (Phi) is 3.94. The van der Waals surface area contributed by atoms with Crippen molar-refractivity contribution in [1.29, 1.82) is 0 Å². The van der Waals surface area contributed by atoms with Gasteiger partial charge in [0, 0.05) is 24.8 Å². The minimum atomic E-state index is 0.348. The number of hydrogen-bond donors (Lipinski definition) is 0. The molecular weight excluding hydrogens is 274 g/mol. The number of aromatic nitrogens is 3. The van der Waals surface area contributed by atoms with E-state index in [2.05, 4.69) is 21.5 Å². The van der Waals surface area contributed by atoms with E-state index in [0.717, 1.165) is 48.7 Å². The quantitative estimate of drug-likeness (QED) is 0.812. The summed E-state index contributed by atoms with van der Waals surface area (Å²) in [4.78, 5) is 9.23. The third kappa shape index (κ3) is 2.42. The highest BCUT2D eigenvalue weighted by Crippen LogP contribution is 2.27. The molecule has 0 aliphatic carbocycles. The van der Waals surface area contributed by atoms with Crippen LogP contribution in [0.25, 0.3) is 11.2 Å². The van der Waals surface area contributed by atoms with Crippen LogP contribution in [0.1, 0.15) is 31.3 Å². The molecule has 1 aliphatic heterocycles. The maximum absolute atomic E-state index is 6.06. The van der Waals surface area contributed by atoms with Crippen molar-refractivity contribution in [2.75, 3.05) is 6.61 Å². The fourth-order valence-corrected chi connectivity index (χ4v) is 3.23. The monoisotopic (exact) mass is 293 g/mol. The van der Waals surface area contributed by atoms with Gasteiger partial charge in [-0.2, -0.15) is 0 Å². The summed E-state index contributed by atoms with van der Waals surface area (Å²) < 4.78 is 7.96. The van der Waals surface area contributed by atoms with Crippen LogP contribution in [-0.2, 0) is 17.2 Å². The predicted molar refractivity (Wildman–Crippen MR) is 80.0 cm³/mol. The van der Waals surface area contributed by atoms with E-state index in [0.29, 0.717) is 17.9 Å². The first-order valence-corrected chi connectivity index (χ1v) is 7.76. The van der Waals surface area contributed by atoms with Crippen LogP contribution in [0.3, 0.4) is 0 Å². The molecule has 3 rings (SSSR count). The van der Waals surface area contributed by atoms with Gasteiger partial charge in [0.2, 0.25) is 0 Å². The Labute approximate surface area is 124 Å². The fraction of sp³-hybridized carbons (Fsp3) is 0.600. The van der Waals surface area contributed by atoms with E-state index in [1.165, 1.54) is 0 Å². The van der Waals surface area contributed by atoms with Crippen molar-refractivity contribution in [1.82, 2.24) is 14.5 Å². The molecule has 0 N–H and O–H groups in total. The van der Waals surface area contributed by atoms with Crippen molar-refractivity contribution in [2.24, 2.45) is 5.92 Å². The van der Waals surface area contributed by atoms with Gasteiger partial charge >= 0.3 is 0 Å². The Balaban J connectivity index is 1.98. The van der Waals surface area contributed by atoms with Crippen LogP contribution < -0.4 is 0 Å². The van der Waals surface area contributed by atoms with Gasteiger partial charge in [0.05, 0.1) is 12.0 Å². The van der Waals surface area contributed by atoms with Crippen LogP contribution in [0.5, 0.6) is 0 Å². The molecule has 2 unspecified atom stereocenters. The zero-order chi connectivity index (χ0) is 14.1. The number of pyridine rings is 1. The van der Waals surface area contributed by atoms with Crippen molar-refractivity contribution in [2.45, 2.75) is 45.2 Å². The first kappa shape index (κ1) is 13.8. The predicted octanol–water partition coefficient (Wildman–Crippen LogP) is 3.29. The Morgan fingerprint density at radius 3 is 3.00 bits per heavy atom. The van der Waals surface area contributed by atoms with Gasteiger partial charge < -0.3 is 9.30 Å². The summed E-state index contributed by atoms with van der Waals surface area (Å²) in [6.07, 6.45) is 2.51. The van der Waals surface area contributed by atoms with Gasteiger partial charge in [-0.15, -0.1) is 11.6 Å². The second kappa shape index (κ2) is 5.70. The molecule has 0 bridgehead atoms. The molecule has 2 aromatic heterocycles. The lowest BCUT2D eigenvalue weighted by Crippen LogP contribution is -2.21. The summed E-state index contributed by atoms with van der Waals surface area (Å²) in [6, 6.07) is 4.01. The van der Waals surface area contributed by atoms with Crippen LogP contribution in [0.2, 0.25) is 0 Å². The molecule has 108 valence electrons. The molecule has 0 radical (unpaired) electrons. The summed E-state index contributed by atoms with van der Waals surface area (Å²) >= 11 is 6.06. The highest BCUT2D eigenvalue weighted by molar-refractivity contribution is 6.16.